The molecule has 1 aliphatic carbocycles. The number of hydrazine groups is 1. The molecule has 0 unspecified atom stereocenters. The van der Waals surface area contributed by atoms with Gasteiger partial charge in [0.05, 0.1) is 73.6 Å². The SMILES string of the molecule is CO[C@@H](C)c1ncc(N2CCN(C3CC3)CC2)cc1-c1c2c3cc(ccc3n1CCOC1CCOCC1)-c1csc(n1)[C@@H](N1CC3(COC3)C1)[C@H](N)C(=O)N1CCC[C@H](N1)C(=O)OCC(C)(C)C2. The van der Waals surface area contributed by atoms with E-state index in [4.69, 9.17) is 39.4 Å². The van der Waals surface area contributed by atoms with Crippen LogP contribution >= 0.6 is 11.3 Å². The zero-order chi connectivity index (χ0) is 46.7. The van der Waals surface area contributed by atoms with E-state index in [1.165, 1.54) is 12.8 Å². The quantitative estimate of drug-likeness (QED) is 0.196. The molecule has 9 heterocycles. The van der Waals surface area contributed by atoms with Gasteiger partial charge < -0.3 is 38.9 Å². The smallest absolute Gasteiger partial charge is 0.324 e. The lowest BCUT2D eigenvalue weighted by Gasteiger charge is -2.57. The van der Waals surface area contributed by atoms with Crippen molar-refractivity contribution in [2.75, 3.05) is 97.5 Å². The van der Waals surface area contributed by atoms with E-state index < -0.39 is 23.5 Å². The van der Waals surface area contributed by atoms with Gasteiger partial charge >= 0.3 is 5.97 Å². The van der Waals surface area contributed by atoms with Crippen LogP contribution in [0.25, 0.3) is 33.4 Å². The number of hydrogen-bond donors (Lipinski definition) is 2. The Morgan fingerprint density at radius 3 is 2.50 bits per heavy atom. The van der Waals surface area contributed by atoms with Gasteiger partial charge in [-0.3, -0.25) is 29.4 Å². The van der Waals surface area contributed by atoms with Crippen LogP contribution in [0.3, 0.4) is 0 Å². The Kier molecular flexibility index (Phi) is 12.9. The number of anilines is 1. The van der Waals surface area contributed by atoms with Gasteiger partial charge in [0.2, 0.25) is 0 Å². The first-order valence-corrected chi connectivity index (χ1v) is 26.0. The van der Waals surface area contributed by atoms with E-state index in [0.29, 0.717) is 65.4 Å². The van der Waals surface area contributed by atoms with Gasteiger partial charge in [-0.25, -0.2) is 10.4 Å². The minimum Gasteiger partial charge on any atom is -0.464 e. The number of hydrogen-bond acceptors (Lipinski definition) is 15. The highest BCUT2D eigenvalue weighted by Gasteiger charge is 2.53. The van der Waals surface area contributed by atoms with Crippen molar-refractivity contribution in [1.82, 2.24) is 34.8 Å². The molecule has 16 nitrogen and oxygen atoms in total. The Morgan fingerprint density at radius 2 is 1.76 bits per heavy atom. The number of aromatic nitrogens is 3. The van der Waals surface area contributed by atoms with Crippen molar-refractivity contribution in [3.8, 4) is 22.5 Å². The Morgan fingerprint density at radius 1 is 0.971 bits per heavy atom. The number of piperazine rings is 1. The van der Waals surface area contributed by atoms with Crippen LogP contribution in [0, 0.1) is 10.8 Å². The van der Waals surface area contributed by atoms with Gasteiger partial charge in [-0.2, -0.15) is 0 Å². The average Bonchev–Trinajstić information content (AvgIpc) is 4.00. The monoisotopic (exact) mass is 952 g/mol. The number of nitrogens with one attached hydrogen (secondary N) is 1. The number of nitrogens with zero attached hydrogens (tertiary/aromatic N) is 7. The fraction of sp³-hybridized carbons (Fsp3) is 0.647. The van der Waals surface area contributed by atoms with Gasteiger partial charge in [0, 0.05) is 117 Å². The van der Waals surface area contributed by atoms with Crippen molar-refractivity contribution in [2.24, 2.45) is 16.6 Å². The normalized spacial score (nSPS) is 26.6. The summed E-state index contributed by atoms with van der Waals surface area (Å²) in [6, 6.07) is 7.75. The minimum absolute atomic E-state index is 0.101. The third kappa shape index (κ3) is 9.11. The predicted molar refractivity (Wildman–Crippen MR) is 260 cm³/mol. The molecule has 11 rings (SSSR count). The zero-order valence-electron chi connectivity index (χ0n) is 40.3. The molecule has 1 spiro atoms. The van der Waals surface area contributed by atoms with Crippen molar-refractivity contribution in [3.05, 3.63) is 52.1 Å². The summed E-state index contributed by atoms with van der Waals surface area (Å²) >= 11 is 1.55. The van der Waals surface area contributed by atoms with Crippen LogP contribution < -0.4 is 16.1 Å². The number of carbonyl (C=O) groups is 2. The van der Waals surface area contributed by atoms with Gasteiger partial charge in [0.1, 0.15) is 17.1 Å². The molecule has 4 atom stereocenters. The van der Waals surface area contributed by atoms with Crippen molar-refractivity contribution in [1.29, 1.82) is 0 Å². The van der Waals surface area contributed by atoms with E-state index in [2.05, 4.69) is 75.1 Å². The maximum atomic E-state index is 14.3. The first-order chi connectivity index (χ1) is 33.0. The molecule has 1 saturated carbocycles. The lowest BCUT2D eigenvalue weighted by Crippen LogP contribution is -2.69. The maximum Gasteiger partial charge on any atom is 0.324 e. The van der Waals surface area contributed by atoms with Crippen molar-refractivity contribution in [3.63, 3.8) is 0 Å². The second-order valence-corrected chi connectivity index (χ2v) is 22.2. The standard InChI is InChI=1S/C51H69N9O7S/c1-32(63-4)44-38(23-35(25-53-44)57-16-14-56(15-17-57)34-8-9-34)45-39-24-50(2,3)29-67-49(62)40-6-5-13-60(55-40)48(61)43(52)46(58-27-51(28-58)30-65-31-51)47-54-41(26-68-47)33-7-10-42(37(39)22-33)59(45)18-21-66-36-11-19-64-20-12-36/h7,10,22-23,25-26,32,34,36,40,43,46,55H,5-6,8-9,11-21,24,27-31,52H2,1-4H3/t32-,40-,43-,46-/m0/s1. The molecule has 0 radical (unpaired) electrons. The van der Waals surface area contributed by atoms with Crippen molar-refractivity contribution in [2.45, 2.75) is 109 Å². The van der Waals surface area contributed by atoms with Crippen molar-refractivity contribution >= 4 is 39.8 Å². The number of amides is 1. The summed E-state index contributed by atoms with van der Waals surface area (Å²) in [5.41, 5.74) is 18.0. The Hall–Kier alpha value is -4.04. The lowest BCUT2D eigenvalue weighted by atomic mass is 9.76. The summed E-state index contributed by atoms with van der Waals surface area (Å²) in [5, 5.41) is 5.55. The molecular weight excluding hydrogens is 883 g/mol. The van der Waals surface area contributed by atoms with E-state index >= 15 is 0 Å². The van der Waals surface area contributed by atoms with E-state index in [-0.39, 0.29) is 36.1 Å². The third-order valence-corrected chi connectivity index (χ3v) is 16.5. The molecule has 366 valence electrons. The van der Waals surface area contributed by atoms with Gasteiger partial charge in [-0.05, 0) is 75.6 Å². The van der Waals surface area contributed by atoms with Gasteiger partial charge in [-0.1, -0.05) is 19.9 Å². The number of fused-ring (bicyclic) bond motifs is 6. The molecular formula is C51H69N9O7S. The first-order valence-electron chi connectivity index (χ1n) is 25.1. The topological polar surface area (TPSA) is 162 Å². The molecule has 3 aromatic heterocycles. The first kappa shape index (κ1) is 46.3. The number of nitrogens with two attached hydrogens (primary N) is 1. The molecule has 68 heavy (non-hydrogen) atoms. The van der Waals surface area contributed by atoms with Crippen LogP contribution in [0.5, 0.6) is 0 Å². The second kappa shape index (κ2) is 18.9. The Labute approximate surface area is 403 Å². The summed E-state index contributed by atoms with van der Waals surface area (Å²) < 4.78 is 32.8. The van der Waals surface area contributed by atoms with Gasteiger partial charge in [0.25, 0.3) is 5.91 Å². The minimum atomic E-state index is -0.906. The summed E-state index contributed by atoms with van der Waals surface area (Å²) in [4.78, 5) is 46.4. The fourth-order valence-corrected chi connectivity index (χ4v) is 12.5. The Balaban J connectivity index is 1.05. The number of ether oxygens (including phenoxy) is 5. The molecule has 6 bridgehead atoms. The zero-order valence-corrected chi connectivity index (χ0v) is 41.1. The summed E-state index contributed by atoms with van der Waals surface area (Å²) in [7, 11) is 1.75. The number of rotatable bonds is 10. The number of cyclic esters (lactones) is 1. The number of esters is 1. The largest absolute Gasteiger partial charge is 0.464 e. The molecule has 7 aliphatic rings. The fourth-order valence-electron chi connectivity index (χ4n) is 11.5. The lowest BCUT2D eigenvalue weighted by molar-refractivity contribution is -0.201. The highest BCUT2D eigenvalue weighted by Crippen LogP contribution is 2.46. The van der Waals surface area contributed by atoms with Crippen LogP contribution in [0.4, 0.5) is 5.69 Å². The second-order valence-electron chi connectivity index (χ2n) is 21.4. The number of carbonyl (C=O) groups excluding carboxylic acids is 2. The summed E-state index contributed by atoms with van der Waals surface area (Å²) in [6.45, 7) is 16.6. The molecule has 1 aromatic carbocycles. The van der Waals surface area contributed by atoms with E-state index in [1.54, 1.807) is 23.5 Å². The number of pyridine rings is 1. The molecule has 6 aliphatic heterocycles. The van der Waals surface area contributed by atoms with Gasteiger partial charge in [-0.15, -0.1) is 11.3 Å². The highest BCUT2D eigenvalue weighted by atomic mass is 32.1. The van der Waals surface area contributed by atoms with E-state index in [9.17, 15) is 9.59 Å². The third-order valence-electron chi connectivity index (χ3n) is 15.6. The summed E-state index contributed by atoms with van der Waals surface area (Å²) in [5.74, 6) is -0.621. The molecule has 17 heteroatoms. The maximum absolute atomic E-state index is 14.3. The van der Waals surface area contributed by atoms with E-state index in [0.717, 1.165) is 114 Å². The van der Waals surface area contributed by atoms with Crippen LogP contribution in [-0.2, 0) is 46.2 Å². The van der Waals surface area contributed by atoms with Crippen LogP contribution in [0.2, 0.25) is 0 Å². The molecule has 1 amide bonds. The van der Waals surface area contributed by atoms with Crippen LogP contribution in [-0.4, -0.2) is 158 Å². The number of likely N-dealkylation sites (tertiary alicyclic amines) is 1. The Bertz CT molecular complexity index is 2480. The average molecular weight is 952 g/mol. The van der Waals surface area contributed by atoms with Crippen molar-refractivity contribution < 1.29 is 33.3 Å². The number of thiazole rings is 1. The predicted octanol–water partition coefficient (Wildman–Crippen LogP) is 5.34. The van der Waals surface area contributed by atoms with Crippen LogP contribution in [0.15, 0.2) is 35.8 Å². The summed E-state index contributed by atoms with van der Waals surface area (Å²) in [6.07, 6.45) is 8.08. The van der Waals surface area contributed by atoms with Gasteiger partial charge in [0.15, 0.2) is 0 Å². The molecule has 3 N–H and O–H groups in total. The molecule has 4 aromatic rings. The van der Waals surface area contributed by atoms with Crippen LogP contribution in [0.1, 0.15) is 87.7 Å². The molecule has 5 saturated heterocycles. The number of methoxy groups -OCH3 is 1. The molecule has 6 fully saturated rings. The highest BCUT2D eigenvalue weighted by molar-refractivity contribution is 7.10. The van der Waals surface area contributed by atoms with E-state index in [1.807, 2.05) is 6.20 Å². The number of benzene rings is 1.